The highest BCUT2D eigenvalue weighted by molar-refractivity contribution is 7.89. The normalized spacial score (nSPS) is 22.3. The van der Waals surface area contributed by atoms with E-state index in [2.05, 4.69) is 10.5 Å². The van der Waals surface area contributed by atoms with E-state index in [1.54, 1.807) is 30.3 Å². The minimum Gasteiger partial charge on any atom is -0.360 e. The molecule has 4 rings (SSSR count). The molecular weight excluding hydrogens is 418 g/mol. The number of hydrogen-bond donors (Lipinski definition) is 1. The average Bonchev–Trinajstić information content (AvgIpc) is 3.44. The third-order valence-electron chi connectivity index (χ3n) is 5.87. The molecule has 1 saturated carbocycles. The van der Waals surface area contributed by atoms with Crippen molar-refractivity contribution in [3.8, 4) is 0 Å². The fraction of sp³-hybridized carbons (Fsp3) is 0.500. The van der Waals surface area contributed by atoms with Crippen molar-refractivity contribution < 1.29 is 22.5 Å². The first-order chi connectivity index (χ1) is 14.7. The number of nitrogens with zero attached hydrogens (tertiary/aromatic N) is 2. The Balaban J connectivity index is 1.37. The molecule has 8 nitrogen and oxygen atoms in total. The van der Waals surface area contributed by atoms with Crippen LogP contribution in [-0.4, -0.2) is 48.2 Å². The minimum absolute atomic E-state index is 0.0303. The highest BCUT2D eigenvalue weighted by Gasteiger charge is 2.35. The first kappa shape index (κ1) is 21.7. The molecule has 0 unspecified atom stereocenters. The smallest absolute Gasteiger partial charge is 0.273 e. The Morgan fingerprint density at radius 2 is 1.90 bits per heavy atom. The van der Waals surface area contributed by atoms with Crippen LogP contribution in [0, 0.1) is 0 Å². The van der Waals surface area contributed by atoms with E-state index in [1.807, 2.05) is 6.92 Å². The second-order valence-electron chi connectivity index (χ2n) is 8.57. The number of nitrogens with one attached hydrogen (secondary N) is 1. The molecule has 1 aliphatic heterocycles. The molecule has 0 bridgehead atoms. The van der Waals surface area contributed by atoms with E-state index in [-0.39, 0.29) is 40.8 Å². The standard InChI is InChI=1S/C22H27N3O5S/c1-14-11-18(23-22(27)20-13-21(30-24-20)17-5-6-17)9-10-25(14)31(28,29)19-7-3-16(4-8-19)12-15(2)26/h3-4,7-8,13-14,17-18H,5-6,9-12H2,1-2H3,(H,23,27)/t14-,18-/m0/s1. The van der Waals surface area contributed by atoms with Gasteiger partial charge in [-0.3, -0.25) is 9.59 Å². The Morgan fingerprint density at radius 1 is 1.19 bits per heavy atom. The quantitative estimate of drug-likeness (QED) is 0.702. The molecule has 0 spiro atoms. The lowest BCUT2D eigenvalue weighted by molar-refractivity contribution is -0.116. The van der Waals surface area contributed by atoms with E-state index in [9.17, 15) is 18.0 Å². The molecule has 2 atom stereocenters. The van der Waals surface area contributed by atoms with Gasteiger partial charge in [0.25, 0.3) is 5.91 Å². The van der Waals surface area contributed by atoms with Crippen molar-refractivity contribution in [2.24, 2.45) is 0 Å². The summed E-state index contributed by atoms with van der Waals surface area (Å²) in [7, 11) is -3.65. The van der Waals surface area contributed by atoms with Crippen molar-refractivity contribution in [1.82, 2.24) is 14.8 Å². The molecule has 1 aromatic heterocycles. The van der Waals surface area contributed by atoms with Crippen LogP contribution in [0.15, 0.2) is 39.8 Å². The van der Waals surface area contributed by atoms with Gasteiger partial charge in [-0.25, -0.2) is 8.42 Å². The number of aromatic nitrogens is 1. The number of amides is 1. The Bertz CT molecular complexity index is 1070. The van der Waals surface area contributed by atoms with Crippen LogP contribution >= 0.6 is 0 Å². The molecule has 2 heterocycles. The van der Waals surface area contributed by atoms with Gasteiger partial charge in [0, 0.05) is 37.0 Å². The molecule has 166 valence electrons. The summed E-state index contributed by atoms with van der Waals surface area (Å²) < 4.78 is 32.9. The van der Waals surface area contributed by atoms with E-state index in [0.29, 0.717) is 25.3 Å². The van der Waals surface area contributed by atoms with Gasteiger partial charge in [0.2, 0.25) is 10.0 Å². The number of benzene rings is 1. The van der Waals surface area contributed by atoms with Gasteiger partial charge >= 0.3 is 0 Å². The van der Waals surface area contributed by atoms with Crippen molar-refractivity contribution in [2.45, 2.75) is 68.8 Å². The fourth-order valence-corrected chi connectivity index (χ4v) is 5.71. The maximum absolute atomic E-state index is 13.1. The molecule has 1 aromatic carbocycles. The van der Waals surface area contributed by atoms with Crippen molar-refractivity contribution in [3.63, 3.8) is 0 Å². The van der Waals surface area contributed by atoms with Gasteiger partial charge < -0.3 is 9.84 Å². The number of sulfonamides is 1. The van der Waals surface area contributed by atoms with E-state index >= 15 is 0 Å². The predicted molar refractivity (Wildman–Crippen MR) is 113 cm³/mol. The monoisotopic (exact) mass is 445 g/mol. The predicted octanol–water partition coefficient (Wildman–Crippen LogP) is 2.66. The lowest BCUT2D eigenvalue weighted by Crippen LogP contribution is -2.50. The van der Waals surface area contributed by atoms with Gasteiger partial charge in [-0.15, -0.1) is 0 Å². The Kier molecular flexibility index (Phi) is 5.98. The summed E-state index contributed by atoms with van der Waals surface area (Å²) in [4.78, 5) is 24.0. The highest BCUT2D eigenvalue weighted by atomic mass is 32.2. The van der Waals surface area contributed by atoms with Crippen molar-refractivity contribution in [2.75, 3.05) is 6.54 Å². The van der Waals surface area contributed by atoms with Gasteiger partial charge in [-0.2, -0.15) is 4.31 Å². The maximum Gasteiger partial charge on any atom is 0.273 e. The second kappa shape index (κ2) is 8.55. The molecule has 1 amide bonds. The largest absolute Gasteiger partial charge is 0.360 e. The Morgan fingerprint density at radius 3 is 2.52 bits per heavy atom. The molecule has 31 heavy (non-hydrogen) atoms. The number of hydrogen-bond acceptors (Lipinski definition) is 6. The summed E-state index contributed by atoms with van der Waals surface area (Å²) in [5, 5.41) is 6.83. The third-order valence-corrected chi connectivity index (χ3v) is 7.90. The van der Waals surface area contributed by atoms with Crippen LogP contribution in [0.4, 0.5) is 0 Å². The van der Waals surface area contributed by atoms with Crippen LogP contribution in [0.5, 0.6) is 0 Å². The zero-order valence-corrected chi connectivity index (χ0v) is 18.5. The summed E-state index contributed by atoms with van der Waals surface area (Å²) >= 11 is 0. The maximum atomic E-state index is 13.1. The molecule has 1 aliphatic carbocycles. The van der Waals surface area contributed by atoms with E-state index in [1.165, 1.54) is 11.2 Å². The van der Waals surface area contributed by atoms with E-state index in [0.717, 1.165) is 24.2 Å². The third kappa shape index (κ3) is 4.88. The summed E-state index contributed by atoms with van der Waals surface area (Å²) in [5.74, 6) is 0.890. The van der Waals surface area contributed by atoms with Crippen LogP contribution in [0.25, 0.3) is 0 Å². The summed E-state index contributed by atoms with van der Waals surface area (Å²) in [6.45, 7) is 3.67. The van der Waals surface area contributed by atoms with Crippen LogP contribution in [0.3, 0.4) is 0 Å². The first-order valence-electron chi connectivity index (χ1n) is 10.6. The fourth-order valence-electron chi connectivity index (χ4n) is 4.06. The zero-order valence-electron chi connectivity index (χ0n) is 17.7. The second-order valence-corrected chi connectivity index (χ2v) is 10.5. The summed E-state index contributed by atoms with van der Waals surface area (Å²) in [6.07, 6.45) is 3.46. The topological polar surface area (TPSA) is 110 Å². The molecule has 2 aromatic rings. The lowest BCUT2D eigenvalue weighted by atomic mass is 10.0. The van der Waals surface area contributed by atoms with Crippen LogP contribution in [0.1, 0.15) is 67.3 Å². The number of carbonyl (C=O) groups excluding carboxylic acids is 2. The van der Waals surface area contributed by atoms with Crippen LogP contribution in [-0.2, 0) is 21.2 Å². The number of carbonyl (C=O) groups is 2. The number of piperidine rings is 1. The summed E-state index contributed by atoms with van der Waals surface area (Å²) in [5.41, 5.74) is 1.06. The average molecular weight is 446 g/mol. The van der Waals surface area contributed by atoms with Crippen LogP contribution < -0.4 is 5.32 Å². The Labute approximate surface area is 182 Å². The van der Waals surface area contributed by atoms with E-state index in [4.69, 9.17) is 4.52 Å². The number of rotatable bonds is 7. The SMILES string of the molecule is CC(=O)Cc1ccc(S(=O)(=O)N2CC[C@H](NC(=O)c3cc(C4CC4)on3)C[C@@H]2C)cc1. The van der Waals surface area contributed by atoms with Crippen LogP contribution in [0.2, 0.25) is 0 Å². The van der Waals surface area contributed by atoms with Gasteiger partial charge in [-0.1, -0.05) is 17.3 Å². The number of ketones is 1. The summed E-state index contributed by atoms with van der Waals surface area (Å²) in [6, 6.07) is 7.77. The molecule has 9 heteroatoms. The van der Waals surface area contributed by atoms with E-state index < -0.39 is 10.0 Å². The molecule has 2 fully saturated rings. The van der Waals surface area contributed by atoms with Gasteiger partial charge in [0.15, 0.2) is 5.69 Å². The van der Waals surface area contributed by atoms with Crippen molar-refractivity contribution in [3.05, 3.63) is 47.3 Å². The molecule has 1 N–H and O–H groups in total. The number of Topliss-reactive ketones (excluding diaryl/α,β-unsaturated/α-hetero) is 1. The molecule has 2 aliphatic rings. The molecule has 0 radical (unpaired) electrons. The Hall–Kier alpha value is -2.52. The van der Waals surface area contributed by atoms with Gasteiger partial charge in [0.1, 0.15) is 11.5 Å². The van der Waals surface area contributed by atoms with Gasteiger partial charge in [0.05, 0.1) is 4.90 Å². The highest BCUT2D eigenvalue weighted by Crippen LogP contribution is 2.40. The van der Waals surface area contributed by atoms with Crippen molar-refractivity contribution in [1.29, 1.82) is 0 Å². The molecule has 1 saturated heterocycles. The van der Waals surface area contributed by atoms with Crippen molar-refractivity contribution >= 4 is 21.7 Å². The minimum atomic E-state index is -3.65. The molecular formula is C22H27N3O5S. The first-order valence-corrected chi connectivity index (χ1v) is 12.1. The van der Waals surface area contributed by atoms with Gasteiger partial charge in [-0.05, 0) is 57.2 Å². The lowest BCUT2D eigenvalue weighted by Gasteiger charge is -2.36. The zero-order chi connectivity index (χ0) is 22.2.